The number of amides is 1. The van der Waals surface area contributed by atoms with Gasteiger partial charge in [0.2, 0.25) is 0 Å². The SMILES string of the molecule is COC(=O)c1cc(Br)c(C)c(Cl)c1OC[C@H]1CCCN1C(=O)OC(C)(C)C. The summed E-state index contributed by atoms with van der Waals surface area (Å²) in [7, 11) is 1.30. The van der Waals surface area contributed by atoms with E-state index in [0.717, 1.165) is 18.4 Å². The first-order valence-electron chi connectivity index (χ1n) is 8.74. The zero-order valence-corrected chi connectivity index (χ0v) is 18.6. The lowest BCUT2D eigenvalue weighted by Gasteiger charge is -2.28. The number of nitrogens with zero attached hydrogens (tertiary/aromatic N) is 1. The molecule has 0 aliphatic carbocycles. The van der Waals surface area contributed by atoms with Crippen molar-refractivity contribution in [3.63, 3.8) is 0 Å². The van der Waals surface area contributed by atoms with Crippen LogP contribution in [0.15, 0.2) is 10.5 Å². The van der Waals surface area contributed by atoms with Gasteiger partial charge in [0, 0.05) is 11.0 Å². The van der Waals surface area contributed by atoms with Crippen molar-refractivity contribution in [2.75, 3.05) is 20.3 Å². The molecule has 1 heterocycles. The van der Waals surface area contributed by atoms with Crippen LogP contribution in [0.3, 0.4) is 0 Å². The van der Waals surface area contributed by atoms with Crippen molar-refractivity contribution in [3.05, 3.63) is 26.7 Å². The molecular weight excluding hydrogens is 438 g/mol. The number of carbonyl (C=O) groups is 2. The van der Waals surface area contributed by atoms with Crippen LogP contribution in [0, 0.1) is 6.92 Å². The number of esters is 1. The molecule has 150 valence electrons. The Bertz CT molecular complexity index is 732. The number of ether oxygens (including phenoxy) is 3. The minimum absolute atomic E-state index is 0.148. The van der Waals surface area contributed by atoms with Gasteiger partial charge in [0.25, 0.3) is 0 Å². The first-order chi connectivity index (χ1) is 12.5. The number of methoxy groups -OCH3 is 1. The lowest BCUT2D eigenvalue weighted by Crippen LogP contribution is -2.42. The largest absolute Gasteiger partial charge is 0.489 e. The molecule has 0 N–H and O–H groups in total. The lowest BCUT2D eigenvalue weighted by atomic mass is 10.1. The van der Waals surface area contributed by atoms with Crippen LogP contribution in [0.2, 0.25) is 5.02 Å². The standard InChI is InChI=1S/C19H25BrClNO5/c1-11-14(20)9-13(17(23)25-5)16(15(11)21)26-10-12-7-6-8-22(12)18(24)27-19(2,3)4/h9,12H,6-8,10H2,1-5H3/t12-/m1/s1. The third-order valence-electron chi connectivity index (χ3n) is 4.23. The molecule has 1 aromatic carbocycles. The van der Waals surface area contributed by atoms with E-state index in [2.05, 4.69) is 15.9 Å². The van der Waals surface area contributed by atoms with Crippen LogP contribution in [-0.2, 0) is 9.47 Å². The molecule has 1 aromatic rings. The molecular formula is C19H25BrClNO5. The molecule has 8 heteroatoms. The zero-order chi connectivity index (χ0) is 20.4. The number of halogens is 2. The average molecular weight is 463 g/mol. The molecule has 1 aliphatic heterocycles. The maximum absolute atomic E-state index is 12.4. The molecule has 0 bridgehead atoms. The number of hydrogen-bond acceptors (Lipinski definition) is 5. The van der Waals surface area contributed by atoms with Crippen molar-refractivity contribution in [2.45, 2.75) is 52.2 Å². The molecule has 2 rings (SSSR count). The number of carbonyl (C=O) groups excluding carboxylic acids is 2. The Morgan fingerprint density at radius 3 is 2.63 bits per heavy atom. The van der Waals surface area contributed by atoms with Crippen molar-refractivity contribution in [3.8, 4) is 5.75 Å². The Hall–Kier alpha value is -1.47. The smallest absolute Gasteiger partial charge is 0.410 e. The maximum atomic E-state index is 12.4. The Morgan fingerprint density at radius 2 is 2.04 bits per heavy atom. The van der Waals surface area contributed by atoms with E-state index in [1.807, 2.05) is 27.7 Å². The van der Waals surface area contributed by atoms with E-state index in [4.69, 9.17) is 25.8 Å². The quantitative estimate of drug-likeness (QED) is 0.591. The Balaban J connectivity index is 2.19. The van der Waals surface area contributed by atoms with Gasteiger partial charge in [-0.15, -0.1) is 0 Å². The second-order valence-electron chi connectivity index (χ2n) is 7.45. The van der Waals surface area contributed by atoms with E-state index >= 15 is 0 Å². The van der Waals surface area contributed by atoms with Gasteiger partial charge in [0.15, 0.2) is 5.75 Å². The predicted octanol–water partition coefficient (Wildman–Crippen LogP) is 4.98. The summed E-state index contributed by atoms with van der Waals surface area (Å²) < 4.78 is 16.9. The Kier molecular flexibility index (Phi) is 7.03. The van der Waals surface area contributed by atoms with Gasteiger partial charge >= 0.3 is 12.1 Å². The van der Waals surface area contributed by atoms with Crippen molar-refractivity contribution in [1.82, 2.24) is 4.90 Å². The molecule has 0 saturated carbocycles. The maximum Gasteiger partial charge on any atom is 0.410 e. The summed E-state index contributed by atoms with van der Waals surface area (Å²) in [5, 5.41) is 0.339. The van der Waals surface area contributed by atoms with Gasteiger partial charge in [-0.3, -0.25) is 0 Å². The second kappa shape index (κ2) is 8.69. The summed E-state index contributed by atoms with van der Waals surface area (Å²) in [6, 6.07) is 1.48. The van der Waals surface area contributed by atoms with Crippen LogP contribution >= 0.6 is 27.5 Å². The fourth-order valence-corrected chi connectivity index (χ4v) is 3.65. The number of hydrogen-bond donors (Lipinski definition) is 0. The van der Waals surface area contributed by atoms with Crippen LogP contribution in [0.5, 0.6) is 5.75 Å². The van der Waals surface area contributed by atoms with E-state index in [1.165, 1.54) is 7.11 Å². The average Bonchev–Trinajstić information content (AvgIpc) is 3.05. The van der Waals surface area contributed by atoms with E-state index in [9.17, 15) is 9.59 Å². The Labute approximate surface area is 173 Å². The molecule has 0 spiro atoms. The highest BCUT2D eigenvalue weighted by atomic mass is 79.9. The molecule has 6 nitrogen and oxygen atoms in total. The van der Waals surface area contributed by atoms with Crippen molar-refractivity contribution < 1.29 is 23.8 Å². The molecule has 1 fully saturated rings. The highest BCUT2D eigenvalue weighted by Gasteiger charge is 2.33. The fourth-order valence-electron chi connectivity index (χ4n) is 2.85. The lowest BCUT2D eigenvalue weighted by molar-refractivity contribution is 0.0185. The van der Waals surface area contributed by atoms with Crippen LogP contribution < -0.4 is 4.74 Å². The topological polar surface area (TPSA) is 65.1 Å². The minimum Gasteiger partial charge on any atom is -0.489 e. The van der Waals surface area contributed by atoms with E-state index in [0.29, 0.717) is 16.0 Å². The van der Waals surface area contributed by atoms with Crippen LogP contribution in [0.1, 0.15) is 49.5 Å². The summed E-state index contributed by atoms with van der Waals surface area (Å²) >= 11 is 9.79. The second-order valence-corrected chi connectivity index (χ2v) is 8.68. The normalized spacial score (nSPS) is 17.0. The van der Waals surface area contributed by atoms with Crippen molar-refractivity contribution in [2.24, 2.45) is 0 Å². The highest BCUT2D eigenvalue weighted by molar-refractivity contribution is 9.10. The van der Waals surface area contributed by atoms with Gasteiger partial charge in [-0.25, -0.2) is 9.59 Å². The first-order valence-corrected chi connectivity index (χ1v) is 9.91. The van der Waals surface area contributed by atoms with Crippen LogP contribution in [0.25, 0.3) is 0 Å². The van der Waals surface area contributed by atoms with Gasteiger partial charge in [-0.2, -0.15) is 0 Å². The van der Waals surface area contributed by atoms with Crippen LogP contribution in [-0.4, -0.2) is 48.9 Å². The predicted molar refractivity (Wildman–Crippen MR) is 107 cm³/mol. The molecule has 0 unspecified atom stereocenters. The molecule has 0 aromatic heterocycles. The van der Waals surface area contributed by atoms with Gasteiger partial charge in [0.05, 0.1) is 18.2 Å². The molecule has 1 atom stereocenters. The molecule has 1 aliphatic rings. The first kappa shape index (κ1) is 21.8. The third-order valence-corrected chi connectivity index (χ3v) is 5.51. The molecule has 27 heavy (non-hydrogen) atoms. The molecule has 1 amide bonds. The number of likely N-dealkylation sites (tertiary alicyclic amines) is 1. The highest BCUT2D eigenvalue weighted by Crippen LogP contribution is 2.37. The number of benzene rings is 1. The van der Waals surface area contributed by atoms with Gasteiger partial charge < -0.3 is 19.1 Å². The summed E-state index contributed by atoms with van der Waals surface area (Å²) in [6.07, 6.45) is 1.30. The fraction of sp³-hybridized carbons (Fsp3) is 0.579. The third kappa shape index (κ3) is 5.29. The van der Waals surface area contributed by atoms with Gasteiger partial charge in [-0.05, 0) is 52.2 Å². The van der Waals surface area contributed by atoms with E-state index in [1.54, 1.807) is 11.0 Å². The zero-order valence-electron chi connectivity index (χ0n) is 16.2. The van der Waals surface area contributed by atoms with Crippen molar-refractivity contribution in [1.29, 1.82) is 0 Å². The van der Waals surface area contributed by atoms with Crippen LogP contribution in [0.4, 0.5) is 4.79 Å². The van der Waals surface area contributed by atoms with E-state index in [-0.39, 0.29) is 30.1 Å². The van der Waals surface area contributed by atoms with Gasteiger partial charge in [0.1, 0.15) is 17.8 Å². The van der Waals surface area contributed by atoms with Crippen molar-refractivity contribution >= 4 is 39.6 Å². The summed E-state index contributed by atoms with van der Waals surface area (Å²) in [5.74, 6) is -0.275. The summed E-state index contributed by atoms with van der Waals surface area (Å²) in [6.45, 7) is 8.14. The molecule has 1 saturated heterocycles. The monoisotopic (exact) mass is 461 g/mol. The summed E-state index contributed by atoms with van der Waals surface area (Å²) in [5.41, 5.74) is 0.437. The summed E-state index contributed by atoms with van der Waals surface area (Å²) in [4.78, 5) is 26.2. The minimum atomic E-state index is -0.560. The molecule has 0 radical (unpaired) electrons. The van der Waals surface area contributed by atoms with E-state index < -0.39 is 11.6 Å². The van der Waals surface area contributed by atoms with Gasteiger partial charge in [-0.1, -0.05) is 27.5 Å². The number of rotatable bonds is 4. The Morgan fingerprint density at radius 1 is 1.37 bits per heavy atom.